The Morgan fingerprint density at radius 2 is 1.71 bits per heavy atom. The van der Waals surface area contributed by atoms with E-state index in [4.69, 9.17) is 18.9 Å². The van der Waals surface area contributed by atoms with Crippen LogP contribution in [0.25, 0.3) is 10.9 Å². The van der Waals surface area contributed by atoms with E-state index in [1.165, 1.54) is 21.1 Å². The maximum Gasteiger partial charge on any atom is 0.344 e. The highest BCUT2D eigenvalue weighted by atomic mass is 16.6. The number of aromatic amines is 1. The zero-order valence-corrected chi connectivity index (χ0v) is 35.3. The number of likely N-dealkylation sites (N-methyl/N-ethyl adjacent to an activating group) is 1. The summed E-state index contributed by atoms with van der Waals surface area (Å²) in [6, 6.07) is 11.0. The minimum Gasteiger partial charge on any atom is -0.496 e. The quantitative estimate of drug-likeness (QED) is 0.180. The fourth-order valence-corrected chi connectivity index (χ4v) is 13.5. The Balaban J connectivity index is 1.36. The van der Waals surface area contributed by atoms with Crippen molar-refractivity contribution in [1.29, 1.82) is 0 Å². The maximum atomic E-state index is 15.3. The lowest BCUT2D eigenvalue weighted by Gasteiger charge is -2.63. The number of hydrogen-bond donors (Lipinski definition) is 3. The Labute approximate surface area is 345 Å². The number of ether oxygens (including phenoxy) is 4. The second-order valence-corrected chi connectivity index (χ2v) is 18.2. The van der Waals surface area contributed by atoms with Crippen LogP contribution in [0.3, 0.4) is 0 Å². The smallest absolute Gasteiger partial charge is 0.344 e. The highest BCUT2D eigenvalue weighted by Crippen LogP contribution is 2.68. The van der Waals surface area contributed by atoms with Crippen molar-refractivity contribution in [2.24, 2.45) is 11.3 Å². The average molecular weight is 811 g/mol. The lowest BCUT2D eigenvalue weighted by atomic mass is 9.47. The highest BCUT2D eigenvalue weighted by molar-refractivity contribution is 5.95. The van der Waals surface area contributed by atoms with Gasteiger partial charge in [-0.1, -0.05) is 44.2 Å². The molecule has 5 aliphatic heterocycles. The van der Waals surface area contributed by atoms with Crippen molar-refractivity contribution < 1.29 is 43.5 Å². The van der Waals surface area contributed by atoms with Crippen LogP contribution in [0.5, 0.6) is 5.75 Å². The van der Waals surface area contributed by atoms with Crippen LogP contribution in [0.15, 0.2) is 48.6 Å². The summed E-state index contributed by atoms with van der Waals surface area (Å²) in [6.07, 6.45) is 5.94. The molecule has 2 saturated heterocycles. The van der Waals surface area contributed by atoms with Crippen molar-refractivity contribution in [3.63, 3.8) is 0 Å². The van der Waals surface area contributed by atoms with Gasteiger partial charge in [0.25, 0.3) is 0 Å². The molecule has 2 aromatic carbocycles. The Bertz CT molecular complexity index is 2260. The van der Waals surface area contributed by atoms with E-state index in [2.05, 4.69) is 39.1 Å². The van der Waals surface area contributed by atoms with Gasteiger partial charge in [0.05, 0.1) is 33.0 Å². The number of hydrogen-bond acceptors (Lipinski definition) is 12. The van der Waals surface area contributed by atoms with E-state index in [1.807, 2.05) is 50.1 Å². The number of methoxy groups -OCH3 is 3. The van der Waals surface area contributed by atoms with Gasteiger partial charge in [-0.2, -0.15) is 0 Å². The summed E-state index contributed by atoms with van der Waals surface area (Å²) in [5.74, 6) is -1.56. The number of aromatic nitrogens is 1. The van der Waals surface area contributed by atoms with Crippen LogP contribution in [0.4, 0.5) is 5.69 Å². The van der Waals surface area contributed by atoms with E-state index in [-0.39, 0.29) is 12.0 Å². The van der Waals surface area contributed by atoms with Crippen molar-refractivity contribution in [2.45, 2.75) is 99.5 Å². The summed E-state index contributed by atoms with van der Waals surface area (Å²) in [5, 5.41) is 26.3. The summed E-state index contributed by atoms with van der Waals surface area (Å²) < 4.78 is 23.9. The molecule has 1 unspecified atom stereocenters. The summed E-state index contributed by atoms with van der Waals surface area (Å²) >= 11 is 0. The number of para-hydroxylation sites is 1. The van der Waals surface area contributed by atoms with Crippen LogP contribution in [-0.2, 0) is 45.8 Å². The summed E-state index contributed by atoms with van der Waals surface area (Å²) in [4.78, 5) is 53.2. The van der Waals surface area contributed by atoms with Crippen LogP contribution in [0.2, 0.25) is 0 Å². The molecule has 6 aliphatic rings. The molecule has 6 heterocycles. The number of rotatable bonds is 7. The van der Waals surface area contributed by atoms with Crippen molar-refractivity contribution in [1.82, 2.24) is 14.8 Å². The SMILES string of the molecule is CC[C@@]1(O)C[C@@H]2CN(CCc3c([nH]c4ccccc34)[C@@](C(=O)OC)(c3cc4c(cc3OC)N(C)[C@H]3[C@@](O)(C(=O)OC)[C@H](OC(C)=O)[C@]5(CC)C=CCN6CC[C@]43[C@@H]65)C2)C1. The van der Waals surface area contributed by atoms with Gasteiger partial charge >= 0.3 is 17.9 Å². The fourth-order valence-electron chi connectivity index (χ4n) is 13.5. The monoisotopic (exact) mass is 810 g/mol. The molecule has 1 spiro atoms. The van der Waals surface area contributed by atoms with E-state index in [0.29, 0.717) is 82.6 Å². The predicted octanol–water partition coefficient (Wildman–Crippen LogP) is 3.99. The molecule has 0 radical (unpaired) electrons. The topological polar surface area (TPSA) is 154 Å². The van der Waals surface area contributed by atoms with E-state index in [9.17, 15) is 19.8 Å². The third-order valence-corrected chi connectivity index (χ3v) is 15.6. The number of fused-ring (bicyclic) bond motifs is 6. The van der Waals surface area contributed by atoms with Gasteiger partial charge in [0, 0.05) is 90.9 Å². The molecule has 9 rings (SSSR count). The van der Waals surface area contributed by atoms with Gasteiger partial charge in [-0.15, -0.1) is 0 Å². The van der Waals surface area contributed by atoms with Gasteiger partial charge in [-0.25, -0.2) is 4.79 Å². The molecule has 3 fully saturated rings. The highest BCUT2D eigenvalue weighted by Gasteiger charge is 2.80. The molecule has 316 valence electrons. The van der Waals surface area contributed by atoms with Gasteiger partial charge in [-0.3, -0.25) is 19.4 Å². The number of H-pyrrole nitrogens is 1. The van der Waals surface area contributed by atoms with Gasteiger partial charge < -0.3 is 39.0 Å². The number of carbonyl (C=O) groups is 3. The molecule has 13 heteroatoms. The first-order valence-corrected chi connectivity index (χ1v) is 21.2. The predicted molar refractivity (Wildman–Crippen MR) is 220 cm³/mol. The van der Waals surface area contributed by atoms with Gasteiger partial charge in [-0.05, 0) is 74.2 Å². The second-order valence-electron chi connectivity index (χ2n) is 18.2. The van der Waals surface area contributed by atoms with Crippen LogP contribution in [0, 0.1) is 11.3 Å². The second kappa shape index (κ2) is 13.8. The molecule has 3 aromatic rings. The molecule has 59 heavy (non-hydrogen) atoms. The van der Waals surface area contributed by atoms with Crippen LogP contribution in [-0.4, -0.2) is 133 Å². The number of piperidine rings is 1. The summed E-state index contributed by atoms with van der Waals surface area (Å²) in [6.45, 7) is 8.62. The van der Waals surface area contributed by atoms with E-state index < -0.39 is 57.5 Å². The largest absolute Gasteiger partial charge is 0.496 e. The number of esters is 3. The number of nitrogens with zero attached hydrogens (tertiary/aromatic N) is 3. The molecule has 2 bridgehead atoms. The molecule has 1 aromatic heterocycles. The first-order chi connectivity index (χ1) is 28.2. The molecule has 1 aliphatic carbocycles. The number of aliphatic hydroxyl groups is 2. The number of benzene rings is 2. The first-order valence-electron chi connectivity index (χ1n) is 21.2. The molecular formula is C46H58N4O9. The van der Waals surface area contributed by atoms with Crippen molar-refractivity contribution >= 4 is 34.5 Å². The van der Waals surface area contributed by atoms with Crippen molar-refractivity contribution in [3.8, 4) is 5.75 Å². The minimum absolute atomic E-state index is 0.0986. The average Bonchev–Trinajstić information content (AvgIpc) is 3.90. The van der Waals surface area contributed by atoms with E-state index >= 15 is 4.79 Å². The Kier molecular flexibility index (Phi) is 9.36. The lowest BCUT2D eigenvalue weighted by molar-refractivity contribution is -0.228. The Morgan fingerprint density at radius 3 is 2.41 bits per heavy atom. The third kappa shape index (κ3) is 5.20. The number of anilines is 1. The van der Waals surface area contributed by atoms with Gasteiger partial charge in [0.2, 0.25) is 5.60 Å². The third-order valence-electron chi connectivity index (χ3n) is 15.6. The normalized spacial score (nSPS) is 37.0. The Hall–Kier alpha value is -4.43. The standard InChI is InChI=1S/C46H58N4O9/c1-8-42(54)23-28-24-45(40(52)57-6,36-30(15-19-49(25-28)26-42)29-13-10-11-14-33(29)47-36)32-21-31-34(22-35(32)56-5)48(4)38-44(31)17-20-50-18-12-16-43(9-2,37(44)50)39(59-27(3)51)46(38,55)41(53)58-7/h10-14,16,21-22,28,37-39,47,54-55H,8-9,15,17-20,23-26H2,1-7H3/t28-,37-,38+,39+,42+,43+,44+,45-,46-/m0/s1. The maximum absolute atomic E-state index is 15.3. The summed E-state index contributed by atoms with van der Waals surface area (Å²) in [7, 11) is 6.15. The lowest BCUT2D eigenvalue weighted by Crippen LogP contribution is -2.81. The fraction of sp³-hybridized carbons (Fsp3) is 0.587. The molecule has 1 saturated carbocycles. The minimum atomic E-state index is -2.30. The van der Waals surface area contributed by atoms with Gasteiger partial charge in [0.15, 0.2) is 6.10 Å². The van der Waals surface area contributed by atoms with Crippen molar-refractivity contribution in [3.05, 3.63) is 70.9 Å². The van der Waals surface area contributed by atoms with Crippen molar-refractivity contribution in [2.75, 3.05) is 66.0 Å². The molecule has 0 amide bonds. The molecule has 13 nitrogen and oxygen atoms in total. The van der Waals surface area contributed by atoms with Gasteiger partial charge in [0.1, 0.15) is 11.2 Å². The molecular weight excluding hydrogens is 753 g/mol. The number of nitrogens with one attached hydrogen (secondary N) is 1. The molecule has 10 atom stereocenters. The van der Waals surface area contributed by atoms with Crippen LogP contribution < -0.4 is 9.64 Å². The zero-order valence-electron chi connectivity index (χ0n) is 35.3. The van der Waals surface area contributed by atoms with Crippen LogP contribution >= 0.6 is 0 Å². The first kappa shape index (κ1) is 40.0. The van der Waals surface area contributed by atoms with Crippen LogP contribution in [0.1, 0.15) is 75.3 Å². The number of carbonyl (C=O) groups excluding carboxylic acids is 3. The van der Waals surface area contributed by atoms with E-state index in [0.717, 1.165) is 33.4 Å². The Morgan fingerprint density at radius 1 is 0.949 bits per heavy atom. The zero-order chi connectivity index (χ0) is 41.9. The summed E-state index contributed by atoms with van der Waals surface area (Å²) in [5.41, 5.74) is -1.62. The van der Waals surface area contributed by atoms with E-state index in [1.54, 1.807) is 7.11 Å². The molecule has 3 N–H and O–H groups in total.